The molecule has 0 aliphatic carbocycles. The topological polar surface area (TPSA) is 51.6 Å². The van der Waals surface area contributed by atoms with Gasteiger partial charge in [0.05, 0.1) is 0 Å². The van der Waals surface area contributed by atoms with Crippen LogP contribution in [-0.2, 0) is 0 Å². The van der Waals surface area contributed by atoms with Crippen LogP contribution in [0.4, 0.5) is 0 Å². The van der Waals surface area contributed by atoms with Crippen molar-refractivity contribution in [2.45, 2.75) is 0 Å². The fourth-order valence-corrected chi connectivity index (χ4v) is 1.81. The highest BCUT2D eigenvalue weighted by Crippen LogP contribution is 2.40. The largest absolute Gasteiger partial charge is 0.454 e. The molecule has 0 amide bonds. The summed E-state index contributed by atoms with van der Waals surface area (Å²) in [5.74, 6) is 1.52. The van der Waals surface area contributed by atoms with E-state index >= 15 is 0 Å². The molecule has 0 bridgehead atoms. The van der Waals surface area contributed by atoms with Crippen LogP contribution in [-0.4, -0.2) is 24.0 Å². The van der Waals surface area contributed by atoms with E-state index in [0.717, 1.165) is 29.4 Å². The molecular formula is C11H10ClNO3. The maximum Gasteiger partial charge on any atom is 0.231 e. The van der Waals surface area contributed by atoms with Gasteiger partial charge in [-0.25, -0.2) is 4.98 Å². The standard InChI is InChI=1S/C10H6ClNO2.CH4O/c11-10-7-1-2-8-9(14-5-13-8)6(7)3-4-12-10;1-2/h1-4H,5H2;2H,1H3. The first kappa shape index (κ1) is 11.0. The second kappa shape index (κ2) is 4.55. The van der Waals surface area contributed by atoms with Gasteiger partial charge in [0.1, 0.15) is 5.15 Å². The van der Waals surface area contributed by atoms with Gasteiger partial charge in [-0.15, -0.1) is 0 Å². The second-order valence-electron chi connectivity index (χ2n) is 3.00. The van der Waals surface area contributed by atoms with Crippen molar-refractivity contribution in [2.75, 3.05) is 13.9 Å². The number of aliphatic hydroxyl groups excluding tert-OH is 1. The van der Waals surface area contributed by atoms with Crippen molar-refractivity contribution in [3.05, 3.63) is 29.5 Å². The van der Waals surface area contributed by atoms with Gasteiger partial charge in [0.15, 0.2) is 11.5 Å². The fourth-order valence-electron chi connectivity index (χ4n) is 1.59. The Balaban J connectivity index is 0.000000457. The summed E-state index contributed by atoms with van der Waals surface area (Å²) in [5, 5.41) is 9.32. The fraction of sp³-hybridized carbons (Fsp3) is 0.182. The SMILES string of the molecule is CO.Clc1nccc2c3c(ccc12)OCO3. The van der Waals surface area contributed by atoms with E-state index in [1.165, 1.54) is 0 Å². The van der Waals surface area contributed by atoms with Crippen molar-refractivity contribution in [1.82, 2.24) is 4.98 Å². The summed E-state index contributed by atoms with van der Waals surface area (Å²) < 4.78 is 10.6. The first-order valence-electron chi connectivity index (χ1n) is 4.64. The molecule has 0 spiro atoms. The normalized spacial score (nSPS) is 12.2. The Morgan fingerprint density at radius 3 is 2.81 bits per heavy atom. The molecule has 1 aliphatic heterocycles. The average Bonchev–Trinajstić information content (AvgIpc) is 2.80. The highest BCUT2D eigenvalue weighted by molar-refractivity contribution is 6.34. The van der Waals surface area contributed by atoms with Crippen LogP contribution in [0.1, 0.15) is 0 Å². The first-order valence-corrected chi connectivity index (χ1v) is 5.01. The molecule has 4 nitrogen and oxygen atoms in total. The Morgan fingerprint density at radius 2 is 2.00 bits per heavy atom. The molecule has 1 aromatic carbocycles. The van der Waals surface area contributed by atoms with Gasteiger partial charge in [-0.05, 0) is 18.2 Å². The van der Waals surface area contributed by atoms with Crippen LogP contribution in [0.25, 0.3) is 10.8 Å². The van der Waals surface area contributed by atoms with Crippen LogP contribution in [0.2, 0.25) is 5.15 Å². The van der Waals surface area contributed by atoms with E-state index in [0.29, 0.717) is 5.15 Å². The molecule has 2 aromatic rings. The van der Waals surface area contributed by atoms with E-state index in [1.807, 2.05) is 18.2 Å². The lowest BCUT2D eigenvalue weighted by Gasteiger charge is -2.02. The molecule has 0 saturated carbocycles. The average molecular weight is 240 g/mol. The third kappa shape index (κ3) is 1.66. The van der Waals surface area contributed by atoms with Gasteiger partial charge in [-0.3, -0.25) is 0 Å². The van der Waals surface area contributed by atoms with Crippen LogP contribution in [0.3, 0.4) is 0 Å². The molecule has 0 unspecified atom stereocenters. The summed E-state index contributed by atoms with van der Waals surface area (Å²) in [5.41, 5.74) is 0. The van der Waals surface area contributed by atoms with E-state index in [2.05, 4.69) is 4.98 Å². The smallest absolute Gasteiger partial charge is 0.231 e. The van der Waals surface area contributed by atoms with Crippen molar-refractivity contribution < 1.29 is 14.6 Å². The minimum Gasteiger partial charge on any atom is -0.454 e. The molecular weight excluding hydrogens is 230 g/mol. The van der Waals surface area contributed by atoms with Gasteiger partial charge in [0, 0.05) is 24.1 Å². The summed E-state index contributed by atoms with van der Waals surface area (Å²) in [7, 11) is 1.00. The summed E-state index contributed by atoms with van der Waals surface area (Å²) in [6.45, 7) is 0.272. The lowest BCUT2D eigenvalue weighted by Crippen LogP contribution is -1.93. The van der Waals surface area contributed by atoms with Crippen molar-refractivity contribution in [3.8, 4) is 11.5 Å². The molecule has 0 saturated heterocycles. The zero-order valence-electron chi connectivity index (χ0n) is 8.61. The Morgan fingerprint density at radius 1 is 1.19 bits per heavy atom. The minimum atomic E-state index is 0.272. The Kier molecular flexibility index (Phi) is 3.12. The summed E-state index contributed by atoms with van der Waals surface area (Å²) in [6, 6.07) is 5.60. The van der Waals surface area contributed by atoms with E-state index in [-0.39, 0.29) is 6.79 Å². The maximum atomic E-state index is 7.00. The zero-order valence-corrected chi connectivity index (χ0v) is 9.36. The van der Waals surface area contributed by atoms with Crippen LogP contribution in [0.15, 0.2) is 24.4 Å². The van der Waals surface area contributed by atoms with Crippen molar-refractivity contribution in [2.24, 2.45) is 0 Å². The van der Waals surface area contributed by atoms with Gasteiger partial charge in [-0.2, -0.15) is 0 Å². The lowest BCUT2D eigenvalue weighted by atomic mass is 10.1. The number of ether oxygens (including phenoxy) is 2. The van der Waals surface area contributed by atoms with Crippen molar-refractivity contribution >= 4 is 22.4 Å². The Hall–Kier alpha value is -1.52. The van der Waals surface area contributed by atoms with E-state index in [1.54, 1.807) is 6.20 Å². The third-order valence-electron chi connectivity index (χ3n) is 2.23. The predicted octanol–water partition coefficient (Wildman–Crippen LogP) is 2.23. The molecule has 3 rings (SSSR count). The summed E-state index contributed by atoms with van der Waals surface area (Å²) in [4.78, 5) is 4.00. The number of pyridine rings is 1. The molecule has 1 aliphatic rings. The van der Waals surface area contributed by atoms with Gasteiger partial charge in [0.25, 0.3) is 0 Å². The number of fused-ring (bicyclic) bond motifs is 3. The number of rotatable bonds is 0. The van der Waals surface area contributed by atoms with Crippen LogP contribution in [0.5, 0.6) is 11.5 Å². The number of benzene rings is 1. The highest BCUT2D eigenvalue weighted by atomic mass is 35.5. The number of nitrogens with zero attached hydrogens (tertiary/aromatic N) is 1. The van der Waals surface area contributed by atoms with Gasteiger partial charge >= 0.3 is 0 Å². The van der Waals surface area contributed by atoms with Crippen LogP contribution >= 0.6 is 11.6 Å². The number of hydrogen-bond donors (Lipinski definition) is 1. The first-order chi connectivity index (χ1) is 7.86. The molecule has 0 radical (unpaired) electrons. The Labute approximate surface area is 97.4 Å². The van der Waals surface area contributed by atoms with Gasteiger partial charge in [-0.1, -0.05) is 11.6 Å². The van der Waals surface area contributed by atoms with Crippen LogP contribution < -0.4 is 9.47 Å². The molecule has 0 fully saturated rings. The van der Waals surface area contributed by atoms with Gasteiger partial charge < -0.3 is 14.6 Å². The summed E-state index contributed by atoms with van der Waals surface area (Å²) >= 11 is 5.95. The van der Waals surface area contributed by atoms with E-state index in [9.17, 15) is 0 Å². The Bertz CT molecular complexity index is 516. The molecule has 1 aromatic heterocycles. The number of halogens is 1. The zero-order chi connectivity index (χ0) is 11.5. The molecule has 1 N–H and O–H groups in total. The number of aliphatic hydroxyl groups is 1. The number of hydrogen-bond acceptors (Lipinski definition) is 4. The molecule has 2 heterocycles. The monoisotopic (exact) mass is 239 g/mol. The minimum absolute atomic E-state index is 0.272. The van der Waals surface area contributed by atoms with Crippen molar-refractivity contribution in [3.63, 3.8) is 0 Å². The number of aromatic nitrogens is 1. The molecule has 16 heavy (non-hydrogen) atoms. The third-order valence-corrected chi connectivity index (χ3v) is 2.53. The highest BCUT2D eigenvalue weighted by Gasteiger charge is 2.17. The quantitative estimate of drug-likeness (QED) is 0.717. The maximum absolute atomic E-state index is 7.00. The predicted molar refractivity (Wildman–Crippen MR) is 61.0 cm³/mol. The second-order valence-corrected chi connectivity index (χ2v) is 3.35. The van der Waals surface area contributed by atoms with Crippen molar-refractivity contribution in [1.29, 1.82) is 0 Å². The lowest BCUT2D eigenvalue weighted by molar-refractivity contribution is 0.175. The molecule has 5 heteroatoms. The van der Waals surface area contributed by atoms with Gasteiger partial charge in [0.2, 0.25) is 6.79 Å². The molecule has 84 valence electrons. The van der Waals surface area contributed by atoms with Crippen LogP contribution in [0, 0.1) is 0 Å². The van der Waals surface area contributed by atoms with E-state index < -0.39 is 0 Å². The molecule has 0 atom stereocenters. The summed E-state index contributed by atoms with van der Waals surface area (Å²) in [6.07, 6.45) is 1.66. The van der Waals surface area contributed by atoms with E-state index in [4.69, 9.17) is 26.2 Å².